The maximum atomic E-state index is 12.3. The fourth-order valence-corrected chi connectivity index (χ4v) is 3.67. The number of amides is 1. The zero-order valence-electron chi connectivity index (χ0n) is 15.2. The molecule has 0 bridgehead atoms. The van der Waals surface area contributed by atoms with Crippen LogP contribution in [0.3, 0.4) is 0 Å². The standard InChI is InChI=1S/C21H19N5OS/c22-12-15-6-10-18(11-7-15)23-19(27)14-28-21-25-24-20(17-8-9-17)26(21)13-16-4-2-1-3-5-16/h1-7,10-11,17H,8-9,13-14H2,(H,23,27). The molecule has 0 spiro atoms. The average molecular weight is 389 g/mol. The number of benzene rings is 2. The Bertz CT molecular complexity index is 1000. The van der Waals surface area contributed by atoms with E-state index in [1.807, 2.05) is 18.2 Å². The zero-order chi connectivity index (χ0) is 19.3. The Morgan fingerprint density at radius 1 is 1.14 bits per heavy atom. The number of nitriles is 1. The lowest BCUT2D eigenvalue weighted by Crippen LogP contribution is -2.15. The van der Waals surface area contributed by atoms with E-state index in [0.29, 0.717) is 23.7 Å². The van der Waals surface area contributed by atoms with E-state index >= 15 is 0 Å². The first-order valence-electron chi connectivity index (χ1n) is 9.13. The molecule has 7 heteroatoms. The predicted molar refractivity (Wildman–Crippen MR) is 108 cm³/mol. The van der Waals surface area contributed by atoms with Crippen LogP contribution in [0.1, 0.15) is 35.7 Å². The van der Waals surface area contributed by atoms with E-state index in [9.17, 15) is 4.79 Å². The molecule has 0 atom stereocenters. The van der Waals surface area contributed by atoms with E-state index in [1.54, 1.807) is 24.3 Å². The molecular weight excluding hydrogens is 370 g/mol. The van der Waals surface area contributed by atoms with Crippen LogP contribution in [0.2, 0.25) is 0 Å². The van der Waals surface area contributed by atoms with Gasteiger partial charge in [-0.2, -0.15) is 5.26 Å². The average Bonchev–Trinajstić information content (AvgIpc) is 3.49. The molecule has 1 heterocycles. The Morgan fingerprint density at radius 3 is 2.57 bits per heavy atom. The first-order chi connectivity index (χ1) is 13.7. The van der Waals surface area contributed by atoms with E-state index in [2.05, 4.69) is 38.3 Å². The van der Waals surface area contributed by atoms with Gasteiger partial charge < -0.3 is 9.88 Å². The molecule has 1 aliphatic carbocycles. The lowest BCUT2D eigenvalue weighted by atomic mass is 10.2. The van der Waals surface area contributed by atoms with Gasteiger partial charge in [-0.1, -0.05) is 42.1 Å². The second kappa shape index (κ2) is 8.28. The topological polar surface area (TPSA) is 83.6 Å². The van der Waals surface area contributed by atoms with Gasteiger partial charge in [0, 0.05) is 11.6 Å². The molecule has 0 radical (unpaired) electrons. The molecule has 1 fully saturated rings. The van der Waals surface area contributed by atoms with Crippen LogP contribution >= 0.6 is 11.8 Å². The fourth-order valence-electron chi connectivity index (χ4n) is 2.92. The van der Waals surface area contributed by atoms with Gasteiger partial charge in [0.05, 0.1) is 23.9 Å². The third kappa shape index (κ3) is 4.41. The molecule has 1 saturated carbocycles. The SMILES string of the molecule is N#Cc1ccc(NC(=O)CSc2nnc(C3CC3)n2Cc2ccccc2)cc1. The maximum Gasteiger partial charge on any atom is 0.234 e. The summed E-state index contributed by atoms with van der Waals surface area (Å²) in [7, 11) is 0. The molecule has 1 aromatic heterocycles. The Hall–Kier alpha value is -3.11. The molecule has 0 aliphatic heterocycles. The van der Waals surface area contributed by atoms with E-state index < -0.39 is 0 Å². The smallest absolute Gasteiger partial charge is 0.234 e. The van der Waals surface area contributed by atoms with Gasteiger partial charge in [0.2, 0.25) is 5.91 Å². The third-order valence-corrected chi connectivity index (χ3v) is 5.47. The number of nitrogens with one attached hydrogen (secondary N) is 1. The van der Waals surface area contributed by atoms with Crippen molar-refractivity contribution in [3.05, 3.63) is 71.5 Å². The molecule has 28 heavy (non-hydrogen) atoms. The van der Waals surface area contributed by atoms with Crippen molar-refractivity contribution in [2.45, 2.75) is 30.5 Å². The Kier molecular flexibility index (Phi) is 5.40. The lowest BCUT2D eigenvalue weighted by molar-refractivity contribution is -0.113. The van der Waals surface area contributed by atoms with Crippen molar-refractivity contribution in [2.75, 3.05) is 11.1 Å². The van der Waals surface area contributed by atoms with Gasteiger partial charge in [-0.25, -0.2) is 0 Å². The second-order valence-electron chi connectivity index (χ2n) is 6.71. The van der Waals surface area contributed by atoms with Crippen LogP contribution in [-0.2, 0) is 11.3 Å². The molecule has 1 N–H and O–H groups in total. The van der Waals surface area contributed by atoms with Gasteiger partial charge in [-0.05, 0) is 42.7 Å². The van der Waals surface area contributed by atoms with Gasteiger partial charge in [0.25, 0.3) is 0 Å². The van der Waals surface area contributed by atoms with Crippen molar-refractivity contribution in [1.29, 1.82) is 5.26 Å². The van der Waals surface area contributed by atoms with Crippen LogP contribution < -0.4 is 5.32 Å². The number of thioether (sulfide) groups is 1. The highest BCUT2D eigenvalue weighted by molar-refractivity contribution is 7.99. The number of anilines is 1. The highest BCUT2D eigenvalue weighted by Gasteiger charge is 2.30. The van der Waals surface area contributed by atoms with E-state index in [-0.39, 0.29) is 11.7 Å². The first kappa shape index (κ1) is 18.3. The van der Waals surface area contributed by atoms with Crippen LogP contribution in [0.25, 0.3) is 0 Å². The van der Waals surface area contributed by atoms with Gasteiger partial charge in [0.1, 0.15) is 5.82 Å². The van der Waals surface area contributed by atoms with Crippen molar-refractivity contribution < 1.29 is 4.79 Å². The molecule has 3 aromatic rings. The zero-order valence-corrected chi connectivity index (χ0v) is 16.0. The predicted octanol–water partition coefficient (Wildman–Crippen LogP) is 3.81. The summed E-state index contributed by atoms with van der Waals surface area (Å²) in [5, 5.41) is 21.2. The van der Waals surface area contributed by atoms with Crippen LogP contribution in [0.15, 0.2) is 59.8 Å². The molecule has 0 unspecified atom stereocenters. The minimum atomic E-state index is -0.114. The van der Waals surface area contributed by atoms with Crippen molar-refractivity contribution in [2.24, 2.45) is 0 Å². The summed E-state index contributed by atoms with van der Waals surface area (Å²) in [6.07, 6.45) is 2.30. The van der Waals surface area contributed by atoms with Crippen molar-refractivity contribution in [3.63, 3.8) is 0 Å². The van der Waals surface area contributed by atoms with Crippen molar-refractivity contribution in [1.82, 2.24) is 14.8 Å². The summed E-state index contributed by atoms with van der Waals surface area (Å²) in [4.78, 5) is 12.3. The molecule has 1 aliphatic rings. The normalized spacial score (nSPS) is 13.1. The maximum absolute atomic E-state index is 12.3. The Labute approximate surface area is 167 Å². The highest BCUT2D eigenvalue weighted by Crippen LogP contribution is 2.40. The number of carbonyl (C=O) groups is 1. The summed E-state index contributed by atoms with van der Waals surface area (Å²) in [5.74, 6) is 1.63. The van der Waals surface area contributed by atoms with Crippen LogP contribution in [0, 0.1) is 11.3 Å². The second-order valence-corrected chi connectivity index (χ2v) is 7.66. The summed E-state index contributed by atoms with van der Waals surface area (Å²) in [6.45, 7) is 0.708. The molecular formula is C21H19N5OS. The number of hydrogen-bond donors (Lipinski definition) is 1. The number of aromatic nitrogens is 3. The molecule has 4 rings (SSSR count). The summed E-state index contributed by atoms with van der Waals surface area (Å²) in [6, 6.07) is 19.1. The van der Waals surface area contributed by atoms with Crippen molar-refractivity contribution in [3.8, 4) is 6.07 Å². The monoisotopic (exact) mass is 389 g/mol. The van der Waals surface area contributed by atoms with E-state index in [1.165, 1.54) is 17.3 Å². The van der Waals surface area contributed by atoms with Gasteiger partial charge in [-0.3, -0.25) is 4.79 Å². The van der Waals surface area contributed by atoms with Crippen molar-refractivity contribution >= 4 is 23.4 Å². The van der Waals surface area contributed by atoms with Gasteiger partial charge >= 0.3 is 0 Å². The number of rotatable bonds is 7. The van der Waals surface area contributed by atoms with Gasteiger partial charge in [-0.15, -0.1) is 10.2 Å². The molecule has 6 nitrogen and oxygen atoms in total. The van der Waals surface area contributed by atoms with E-state index in [4.69, 9.17) is 5.26 Å². The summed E-state index contributed by atoms with van der Waals surface area (Å²) < 4.78 is 2.13. The minimum Gasteiger partial charge on any atom is -0.325 e. The quantitative estimate of drug-likeness (QED) is 0.621. The van der Waals surface area contributed by atoms with E-state index in [0.717, 1.165) is 23.8 Å². The number of nitrogens with zero attached hydrogens (tertiary/aromatic N) is 4. The molecule has 1 amide bonds. The summed E-state index contributed by atoms with van der Waals surface area (Å²) >= 11 is 1.39. The lowest BCUT2D eigenvalue weighted by Gasteiger charge is -2.10. The number of hydrogen-bond acceptors (Lipinski definition) is 5. The largest absolute Gasteiger partial charge is 0.325 e. The minimum absolute atomic E-state index is 0.114. The fraction of sp³-hybridized carbons (Fsp3) is 0.238. The van der Waals surface area contributed by atoms with Crippen LogP contribution in [0.5, 0.6) is 0 Å². The molecule has 0 saturated heterocycles. The Balaban J connectivity index is 1.42. The van der Waals surface area contributed by atoms with Crippen LogP contribution in [0.4, 0.5) is 5.69 Å². The van der Waals surface area contributed by atoms with Crippen LogP contribution in [-0.4, -0.2) is 26.4 Å². The Morgan fingerprint density at radius 2 is 1.89 bits per heavy atom. The third-order valence-electron chi connectivity index (χ3n) is 4.50. The summed E-state index contributed by atoms with van der Waals surface area (Å²) in [5.41, 5.74) is 2.43. The molecule has 2 aromatic carbocycles. The van der Waals surface area contributed by atoms with Gasteiger partial charge in [0.15, 0.2) is 5.16 Å². The number of carbonyl (C=O) groups excluding carboxylic acids is 1. The highest BCUT2D eigenvalue weighted by atomic mass is 32.2. The molecule has 140 valence electrons. The first-order valence-corrected chi connectivity index (χ1v) is 10.1.